The molecular weight excluding hydrogens is 334 g/mol. The molecule has 2 aromatic rings. The molecule has 0 radical (unpaired) electrons. The van der Waals surface area contributed by atoms with E-state index in [1.807, 2.05) is 36.4 Å². The number of hydrogen-bond acceptors (Lipinski definition) is 3. The zero-order valence-corrected chi connectivity index (χ0v) is 12.8. The van der Waals surface area contributed by atoms with E-state index < -0.39 is 0 Å². The summed E-state index contributed by atoms with van der Waals surface area (Å²) in [6, 6.07) is 14.7. The monoisotopic (exact) mass is 347 g/mol. The van der Waals surface area contributed by atoms with Crippen LogP contribution in [0.25, 0.3) is 0 Å². The number of hydrogen-bond donors (Lipinski definition) is 1. The van der Waals surface area contributed by atoms with Gasteiger partial charge in [0.15, 0.2) is 0 Å². The van der Waals surface area contributed by atoms with E-state index in [9.17, 15) is 4.79 Å². The predicted octanol–water partition coefficient (Wildman–Crippen LogP) is 3.48. The molecule has 2 aromatic carbocycles. The summed E-state index contributed by atoms with van der Waals surface area (Å²) in [4.78, 5) is 12.3. The summed E-state index contributed by atoms with van der Waals surface area (Å²) in [5.74, 6) is 0.465. The Kier molecular flexibility index (Phi) is 4.22. The third-order valence-corrected chi connectivity index (χ3v) is 3.88. The summed E-state index contributed by atoms with van der Waals surface area (Å²) in [5.41, 5.74) is 1.29. The lowest BCUT2D eigenvalue weighted by molar-refractivity contribution is 0.102. The van der Waals surface area contributed by atoms with Crippen LogP contribution in [0.15, 0.2) is 53.0 Å². The smallest absolute Gasteiger partial charge is 0.256 e. The fourth-order valence-corrected chi connectivity index (χ4v) is 2.42. The van der Waals surface area contributed by atoms with Gasteiger partial charge in [-0.15, -0.1) is 0 Å². The van der Waals surface area contributed by atoms with Crippen molar-refractivity contribution in [3.05, 3.63) is 58.6 Å². The van der Waals surface area contributed by atoms with E-state index >= 15 is 0 Å². The molecule has 4 nitrogen and oxygen atoms in total. The van der Waals surface area contributed by atoms with Crippen LogP contribution in [-0.4, -0.2) is 25.2 Å². The summed E-state index contributed by atoms with van der Waals surface area (Å²) in [6.45, 7) is 1.24. The van der Waals surface area contributed by atoms with Gasteiger partial charge in [-0.2, -0.15) is 0 Å². The first kappa shape index (κ1) is 14.1. The molecule has 5 heteroatoms. The number of para-hydroxylation sites is 1. The van der Waals surface area contributed by atoms with E-state index in [0.717, 1.165) is 12.3 Å². The van der Waals surface area contributed by atoms with E-state index in [2.05, 4.69) is 21.2 Å². The van der Waals surface area contributed by atoms with E-state index in [0.29, 0.717) is 22.4 Å². The SMILES string of the molecule is O=C(Nc1ccccc1)c1cccc(OCC2CO2)c1Br. The van der Waals surface area contributed by atoms with Crippen molar-refractivity contribution in [2.45, 2.75) is 6.10 Å². The van der Waals surface area contributed by atoms with Crippen LogP contribution in [-0.2, 0) is 4.74 Å². The van der Waals surface area contributed by atoms with Crippen LogP contribution in [0, 0.1) is 0 Å². The van der Waals surface area contributed by atoms with E-state index in [-0.39, 0.29) is 12.0 Å². The number of ether oxygens (including phenoxy) is 2. The highest BCUT2D eigenvalue weighted by Crippen LogP contribution is 2.30. The molecule has 1 N–H and O–H groups in total. The Labute approximate surface area is 131 Å². The van der Waals surface area contributed by atoms with Gasteiger partial charge < -0.3 is 14.8 Å². The highest BCUT2D eigenvalue weighted by molar-refractivity contribution is 9.10. The Bertz CT molecular complexity index is 641. The van der Waals surface area contributed by atoms with Crippen molar-refractivity contribution in [3.63, 3.8) is 0 Å². The maximum atomic E-state index is 12.3. The number of anilines is 1. The molecule has 0 bridgehead atoms. The van der Waals surface area contributed by atoms with Crippen LogP contribution in [0.5, 0.6) is 5.75 Å². The molecule has 21 heavy (non-hydrogen) atoms. The van der Waals surface area contributed by atoms with Crippen LogP contribution >= 0.6 is 15.9 Å². The second-order valence-electron chi connectivity index (χ2n) is 4.70. The maximum Gasteiger partial charge on any atom is 0.256 e. The summed E-state index contributed by atoms with van der Waals surface area (Å²) in [6.07, 6.45) is 0.179. The molecular formula is C16H14BrNO3. The van der Waals surface area contributed by atoms with Crippen molar-refractivity contribution in [2.75, 3.05) is 18.5 Å². The van der Waals surface area contributed by atoms with Crippen LogP contribution in [0.4, 0.5) is 5.69 Å². The summed E-state index contributed by atoms with van der Waals surface area (Å²) < 4.78 is 11.4. The molecule has 0 spiro atoms. The fourth-order valence-electron chi connectivity index (χ4n) is 1.86. The molecule has 0 aromatic heterocycles. The van der Waals surface area contributed by atoms with Crippen molar-refractivity contribution in [2.24, 2.45) is 0 Å². The van der Waals surface area contributed by atoms with Crippen molar-refractivity contribution in [1.29, 1.82) is 0 Å². The lowest BCUT2D eigenvalue weighted by atomic mass is 10.2. The number of carbonyl (C=O) groups excluding carboxylic acids is 1. The minimum atomic E-state index is -0.179. The Morgan fingerprint density at radius 3 is 2.71 bits per heavy atom. The first-order valence-corrected chi connectivity index (χ1v) is 7.42. The lowest BCUT2D eigenvalue weighted by Gasteiger charge is -2.11. The predicted molar refractivity (Wildman–Crippen MR) is 83.8 cm³/mol. The van der Waals surface area contributed by atoms with Crippen LogP contribution < -0.4 is 10.1 Å². The minimum absolute atomic E-state index is 0.179. The second-order valence-corrected chi connectivity index (χ2v) is 5.50. The maximum absolute atomic E-state index is 12.3. The van der Waals surface area contributed by atoms with Gasteiger partial charge in [-0.3, -0.25) is 4.79 Å². The minimum Gasteiger partial charge on any atom is -0.490 e. The first-order valence-electron chi connectivity index (χ1n) is 6.63. The van der Waals surface area contributed by atoms with Gasteiger partial charge in [-0.05, 0) is 40.2 Å². The van der Waals surface area contributed by atoms with E-state index in [4.69, 9.17) is 9.47 Å². The molecule has 1 aliphatic rings. The normalized spacial score (nSPS) is 16.3. The Balaban J connectivity index is 1.74. The largest absolute Gasteiger partial charge is 0.490 e. The quantitative estimate of drug-likeness (QED) is 0.842. The number of nitrogens with one attached hydrogen (secondary N) is 1. The van der Waals surface area contributed by atoms with Crippen LogP contribution in [0.3, 0.4) is 0 Å². The molecule has 0 saturated carbocycles. The molecule has 1 saturated heterocycles. The number of carbonyl (C=O) groups is 1. The average Bonchev–Trinajstić information content (AvgIpc) is 3.31. The summed E-state index contributed by atoms with van der Waals surface area (Å²) >= 11 is 3.44. The molecule has 0 aliphatic carbocycles. The third-order valence-electron chi connectivity index (χ3n) is 3.07. The summed E-state index contributed by atoms with van der Waals surface area (Å²) in [7, 11) is 0. The van der Waals surface area contributed by atoms with Crippen molar-refractivity contribution in [1.82, 2.24) is 0 Å². The van der Waals surface area contributed by atoms with Gasteiger partial charge in [0.05, 0.1) is 16.6 Å². The molecule has 1 heterocycles. The van der Waals surface area contributed by atoms with Crippen molar-refractivity contribution < 1.29 is 14.3 Å². The molecule has 108 valence electrons. The van der Waals surface area contributed by atoms with Gasteiger partial charge in [-0.25, -0.2) is 0 Å². The highest BCUT2D eigenvalue weighted by atomic mass is 79.9. The molecule has 1 unspecified atom stereocenters. The number of rotatable bonds is 5. The average molecular weight is 348 g/mol. The van der Waals surface area contributed by atoms with E-state index in [1.165, 1.54) is 0 Å². The molecule has 1 aliphatic heterocycles. The Morgan fingerprint density at radius 1 is 1.24 bits per heavy atom. The lowest BCUT2D eigenvalue weighted by Crippen LogP contribution is -2.13. The topological polar surface area (TPSA) is 50.9 Å². The fraction of sp³-hybridized carbons (Fsp3) is 0.188. The number of halogens is 1. The molecule has 3 rings (SSSR count). The van der Waals surface area contributed by atoms with Gasteiger partial charge in [-0.1, -0.05) is 24.3 Å². The number of amides is 1. The summed E-state index contributed by atoms with van der Waals surface area (Å²) in [5, 5.41) is 2.85. The van der Waals surface area contributed by atoms with Gasteiger partial charge in [0.25, 0.3) is 5.91 Å². The molecule has 1 amide bonds. The van der Waals surface area contributed by atoms with Crippen LogP contribution in [0.2, 0.25) is 0 Å². The van der Waals surface area contributed by atoms with Gasteiger partial charge in [0, 0.05) is 5.69 Å². The van der Waals surface area contributed by atoms with Gasteiger partial charge >= 0.3 is 0 Å². The third kappa shape index (κ3) is 3.62. The Morgan fingerprint density at radius 2 is 2.00 bits per heavy atom. The molecule has 1 fully saturated rings. The van der Waals surface area contributed by atoms with Gasteiger partial charge in [0.1, 0.15) is 18.5 Å². The molecule has 1 atom stereocenters. The highest BCUT2D eigenvalue weighted by Gasteiger charge is 2.24. The van der Waals surface area contributed by atoms with Gasteiger partial charge in [0.2, 0.25) is 0 Å². The first-order chi connectivity index (χ1) is 10.2. The number of epoxide rings is 1. The van der Waals surface area contributed by atoms with Crippen molar-refractivity contribution in [3.8, 4) is 5.75 Å². The number of benzene rings is 2. The van der Waals surface area contributed by atoms with E-state index in [1.54, 1.807) is 12.1 Å². The Hall–Kier alpha value is -1.85. The standard InChI is InChI=1S/C16H14BrNO3/c17-15-13(16(19)18-11-5-2-1-3-6-11)7-4-8-14(15)21-10-12-9-20-12/h1-8,12H,9-10H2,(H,18,19). The second kappa shape index (κ2) is 6.28. The zero-order chi connectivity index (χ0) is 14.7. The zero-order valence-electron chi connectivity index (χ0n) is 11.2. The van der Waals surface area contributed by atoms with Crippen LogP contribution in [0.1, 0.15) is 10.4 Å². The van der Waals surface area contributed by atoms with Crippen molar-refractivity contribution >= 4 is 27.5 Å².